The lowest BCUT2D eigenvalue weighted by Gasteiger charge is -2.24. The van der Waals surface area contributed by atoms with Crippen molar-refractivity contribution in [2.24, 2.45) is 7.05 Å². The van der Waals surface area contributed by atoms with E-state index in [1.54, 1.807) is 0 Å². The van der Waals surface area contributed by atoms with Crippen LogP contribution in [0, 0.1) is 12.7 Å². The Labute approximate surface area is 183 Å². The maximum atomic E-state index is 15.0. The number of aromatic carboxylic acids is 1. The van der Waals surface area contributed by atoms with Crippen LogP contribution >= 0.6 is 0 Å². The number of hydrogen-bond acceptors (Lipinski definition) is 5. The number of ether oxygens (including phenoxy) is 2. The van der Waals surface area contributed by atoms with Gasteiger partial charge in [0.15, 0.2) is 11.6 Å². The Morgan fingerprint density at radius 3 is 2.69 bits per heavy atom. The molecular weight excluding hydrogens is 417 g/mol. The van der Waals surface area contributed by atoms with Crippen LogP contribution < -0.4 is 10.3 Å². The average molecular weight is 439 g/mol. The molecule has 3 aromatic rings. The van der Waals surface area contributed by atoms with Crippen molar-refractivity contribution in [1.82, 2.24) is 4.57 Å². The lowest BCUT2D eigenvalue weighted by molar-refractivity contribution is -0.139. The van der Waals surface area contributed by atoms with E-state index in [9.17, 15) is 19.5 Å². The molecule has 2 heterocycles. The summed E-state index contributed by atoms with van der Waals surface area (Å²) in [6.45, 7) is 2.30. The minimum absolute atomic E-state index is 0.0389. The largest absolute Gasteiger partial charge is 0.490 e. The van der Waals surface area contributed by atoms with Gasteiger partial charge in [-0.1, -0.05) is 6.07 Å². The van der Waals surface area contributed by atoms with Crippen molar-refractivity contribution in [1.29, 1.82) is 0 Å². The molecule has 0 unspecified atom stereocenters. The van der Waals surface area contributed by atoms with Gasteiger partial charge < -0.3 is 19.1 Å². The molecule has 0 saturated heterocycles. The van der Waals surface area contributed by atoms with Crippen LogP contribution in [0.1, 0.15) is 33.6 Å². The maximum absolute atomic E-state index is 15.0. The maximum Gasteiger partial charge on any atom is 0.335 e. The molecule has 0 aliphatic carbocycles. The molecule has 0 saturated carbocycles. The summed E-state index contributed by atoms with van der Waals surface area (Å²) in [5.74, 6) is -2.01. The number of carbonyl (C=O) groups excluding carboxylic acids is 1. The molecule has 8 heteroatoms. The molecule has 32 heavy (non-hydrogen) atoms. The lowest BCUT2D eigenvalue weighted by atomic mass is 9.88. The van der Waals surface area contributed by atoms with Gasteiger partial charge >= 0.3 is 11.9 Å². The van der Waals surface area contributed by atoms with Crippen molar-refractivity contribution >= 4 is 22.7 Å². The molecule has 0 radical (unpaired) electrons. The van der Waals surface area contributed by atoms with Crippen LogP contribution in [0.3, 0.4) is 0 Å². The fourth-order valence-electron chi connectivity index (χ4n) is 4.33. The predicted molar refractivity (Wildman–Crippen MR) is 116 cm³/mol. The third kappa shape index (κ3) is 3.41. The molecule has 166 valence electrons. The summed E-state index contributed by atoms with van der Waals surface area (Å²) in [4.78, 5) is 36.7. The smallest absolute Gasteiger partial charge is 0.335 e. The van der Waals surface area contributed by atoms with Gasteiger partial charge in [0.1, 0.15) is 0 Å². The van der Waals surface area contributed by atoms with Gasteiger partial charge in [0, 0.05) is 29.3 Å². The number of nitrogens with zero attached hydrogens (tertiary/aromatic N) is 1. The average Bonchev–Trinajstić information content (AvgIpc) is 2.79. The third-order valence-corrected chi connectivity index (χ3v) is 6.01. The fraction of sp³-hybridized carbons (Fsp3) is 0.292. The van der Waals surface area contributed by atoms with Crippen molar-refractivity contribution in [2.45, 2.75) is 26.2 Å². The number of pyridine rings is 1. The molecule has 0 atom stereocenters. The zero-order chi connectivity index (χ0) is 23.2. The van der Waals surface area contributed by atoms with Gasteiger partial charge in [-0.25, -0.2) is 9.18 Å². The van der Waals surface area contributed by atoms with E-state index in [1.807, 2.05) is 6.92 Å². The summed E-state index contributed by atoms with van der Waals surface area (Å²) in [5.41, 5.74) is 2.42. The first-order chi connectivity index (χ1) is 15.2. The molecule has 1 aliphatic rings. The van der Waals surface area contributed by atoms with E-state index in [2.05, 4.69) is 0 Å². The summed E-state index contributed by atoms with van der Waals surface area (Å²) in [5, 5.41) is 9.99. The van der Waals surface area contributed by atoms with E-state index in [0.717, 1.165) is 17.5 Å². The van der Waals surface area contributed by atoms with Crippen LogP contribution in [0.25, 0.3) is 21.9 Å². The van der Waals surface area contributed by atoms with Gasteiger partial charge in [0.25, 0.3) is 5.56 Å². The highest BCUT2D eigenvalue weighted by molar-refractivity contribution is 6.02. The number of fused-ring (bicyclic) bond motifs is 2. The summed E-state index contributed by atoms with van der Waals surface area (Å²) in [7, 11) is 2.76. The molecule has 0 fully saturated rings. The number of carboxylic acid groups (broad SMARTS) is 1. The first-order valence-corrected chi connectivity index (χ1v) is 10.2. The van der Waals surface area contributed by atoms with Gasteiger partial charge in [-0.15, -0.1) is 0 Å². The SMILES string of the molecule is COC(=O)Cc1c(-c2cc(F)c3c(c2C)CCCO3)c2ccc(C(=O)O)cc2c(=O)n1C. The highest BCUT2D eigenvalue weighted by Crippen LogP contribution is 2.40. The van der Waals surface area contributed by atoms with Crippen LogP contribution in [-0.4, -0.2) is 35.3 Å². The molecule has 4 rings (SSSR count). The quantitative estimate of drug-likeness (QED) is 0.627. The minimum Gasteiger partial charge on any atom is -0.490 e. The van der Waals surface area contributed by atoms with Gasteiger partial charge in [-0.3, -0.25) is 9.59 Å². The Balaban J connectivity index is 2.14. The number of aromatic nitrogens is 1. The second-order valence-corrected chi connectivity index (χ2v) is 7.79. The predicted octanol–water partition coefficient (Wildman–Crippen LogP) is 3.39. The topological polar surface area (TPSA) is 94.8 Å². The molecule has 0 spiro atoms. The number of benzene rings is 2. The molecule has 2 aromatic carbocycles. The molecular formula is C24H22FNO6. The summed E-state index contributed by atoms with van der Waals surface area (Å²) < 4.78 is 26.7. The first kappa shape index (κ1) is 21.5. The lowest BCUT2D eigenvalue weighted by Crippen LogP contribution is -2.24. The van der Waals surface area contributed by atoms with Crippen LogP contribution in [0.15, 0.2) is 29.1 Å². The summed E-state index contributed by atoms with van der Waals surface area (Å²) in [6.07, 6.45) is 1.19. The Morgan fingerprint density at radius 2 is 2.00 bits per heavy atom. The molecule has 0 bridgehead atoms. The van der Waals surface area contributed by atoms with Crippen LogP contribution in [0.2, 0.25) is 0 Å². The number of halogens is 1. The van der Waals surface area contributed by atoms with Crippen LogP contribution in [-0.2, 0) is 29.4 Å². The second-order valence-electron chi connectivity index (χ2n) is 7.79. The van der Waals surface area contributed by atoms with Gasteiger partial charge in [0.05, 0.1) is 25.7 Å². The minimum atomic E-state index is -1.16. The standard InChI is InChI=1S/C24H22FNO6/c1-12-14-5-4-8-32-22(14)18(25)10-16(12)21-15-7-6-13(24(29)30)9-17(15)23(28)26(2)19(21)11-20(27)31-3/h6-7,9-10H,4-5,8,11H2,1-3H3,(H,29,30). The molecule has 1 aromatic heterocycles. The van der Waals surface area contributed by atoms with E-state index in [-0.39, 0.29) is 23.1 Å². The normalized spacial score (nSPS) is 12.9. The number of carboxylic acids is 1. The van der Waals surface area contributed by atoms with Gasteiger partial charge in [0.2, 0.25) is 0 Å². The number of esters is 1. The Hall–Kier alpha value is -3.68. The number of carbonyl (C=O) groups is 2. The number of methoxy groups -OCH3 is 1. The van der Waals surface area contributed by atoms with Gasteiger partial charge in [-0.2, -0.15) is 0 Å². The summed E-state index contributed by atoms with van der Waals surface area (Å²) >= 11 is 0. The summed E-state index contributed by atoms with van der Waals surface area (Å²) in [6, 6.07) is 5.58. The van der Waals surface area contributed by atoms with Gasteiger partial charge in [-0.05, 0) is 54.5 Å². The highest BCUT2D eigenvalue weighted by Gasteiger charge is 2.26. The molecule has 1 N–H and O–H groups in total. The van der Waals surface area contributed by atoms with Crippen molar-refractivity contribution < 1.29 is 28.6 Å². The second kappa shape index (κ2) is 8.11. The monoisotopic (exact) mass is 439 g/mol. The van der Waals surface area contributed by atoms with Crippen LogP contribution in [0.4, 0.5) is 4.39 Å². The molecule has 0 amide bonds. The fourth-order valence-corrected chi connectivity index (χ4v) is 4.33. The van der Waals surface area contributed by atoms with E-state index >= 15 is 4.39 Å². The van der Waals surface area contributed by atoms with Crippen molar-refractivity contribution in [2.75, 3.05) is 13.7 Å². The zero-order valence-electron chi connectivity index (χ0n) is 18.0. The number of rotatable bonds is 4. The van der Waals surface area contributed by atoms with E-state index < -0.39 is 23.3 Å². The molecule has 1 aliphatic heterocycles. The zero-order valence-corrected chi connectivity index (χ0v) is 18.0. The highest BCUT2D eigenvalue weighted by atomic mass is 19.1. The first-order valence-electron chi connectivity index (χ1n) is 10.2. The Kier molecular flexibility index (Phi) is 5.46. The van der Waals surface area contributed by atoms with Crippen molar-refractivity contribution in [3.63, 3.8) is 0 Å². The van der Waals surface area contributed by atoms with E-state index in [0.29, 0.717) is 35.2 Å². The number of hydrogen-bond donors (Lipinski definition) is 1. The van der Waals surface area contributed by atoms with Crippen LogP contribution in [0.5, 0.6) is 5.75 Å². The third-order valence-electron chi connectivity index (χ3n) is 6.01. The Bertz CT molecular complexity index is 1340. The van der Waals surface area contributed by atoms with E-state index in [1.165, 1.54) is 43.0 Å². The molecule has 7 nitrogen and oxygen atoms in total. The van der Waals surface area contributed by atoms with E-state index in [4.69, 9.17) is 9.47 Å². The van der Waals surface area contributed by atoms with Crippen molar-refractivity contribution in [3.8, 4) is 16.9 Å². The Morgan fingerprint density at radius 1 is 1.25 bits per heavy atom. The van der Waals surface area contributed by atoms with Crippen molar-refractivity contribution in [3.05, 3.63) is 62.8 Å².